The van der Waals surface area contributed by atoms with Crippen molar-refractivity contribution in [2.45, 2.75) is 56.0 Å². The Bertz CT molecular complexity index is 1220. The number of carbonyl (C=O) groups excluding carboxylic acids is 2. The highest BCUT2D eigenvalue weighted by molar-refractivity contribution is 5.80. The molecule has 12 heteroatoms. The zero-order valence-electron chi connectivity index (χ0n) is 21.8. The second kappa shape index (κ2) is 10.4. The Morgan fingerprint density at radius 3 is 1.88 bits per heavy atom. The highest BCUT2D eigenvalue weighted by Crippen LogP contribution is 2.51. The van der Waals surface area contributed by atoms with E-state index in [9.17, 15) is 45.4 Å². The molecule has 1 N–H and O–H groups in total. The normalized spacial score (nSPS) is 23.0. The molecule has 2 aromatic rings. The lowest BCUT2D eigenvalue weighted by Crippen LogP contribution is -2.53. The van der Waals surface area contributed by atoms with Gasteiger partial charge in [0.1, 0.15) is 5.82 Å². The molecule has 4 rings (SSSR count). The van der Waals surface area contributed by atoms with Gasteiger partial charge in [-0.3, -0.25) is 9.59 Å². The van der Waals surface area contributed by atoms with Crippen LogP contribution < -0.4 is 0 Å². The van der Waals surface area contributed by atoms with Crippen molar-refractivity contribution in [3.63, 3.8) is 0 Å². The summed E-state index contributed by atoms with van der Waals surface area (Å²) in [5, 5.41) is 9.77. The van der Waals surface area contributed by atoms with Crippen molar-refractivity contribution in [3.05, 3.63) is 71.0 Å². The van der Waals surface area contributed by atoms with Crippen LogP contribution in [0, 0.1) is 11.7 Å². The summed E-state index contributed by atoms with van der Waals surface area (Å²) in [5.74, 6) is -1.63. The minimum atomic E-state index is -6.01. The SMILES string of the molecule is CC(=O)N1CCC(C(=O)N2C[C@@H](c3ccc(C(O)(C(F)(F)F)C(F)(F)F)cc3)[C@@](C)(c3ccc(F)cc3)C2)CC1. The summed E-state index contributed by atoms with van der Waals surface area (Å²) < 4.78 is 94.0. The summed E-state index contributed by atoms with van der Waals surface area (Å²) in [6.45, 7) is 4.44. The van der Waals surface area contributed by atoms with Gasteiger partial charge < -0.3 is 14.9 Å². The molecule has 2 aromatic carbocycles. The smallest absolute Gasteiger partial charge is 0.369 e. The van der Waals surface area contributed by atoms with Gasteiger partial charge in [-0.15, -0.1) is 0 Å². The molecule has 0 aromatic heterocycles. The second-order valence-electron chi connectivity index (χ2n) is 10.8. The minimum absolute atomic E-state index is 0.0811. The summed E-state index contributed by atoms with van der Waals surface area (Å²) in [7, 11) is 0. The molecule has 2 amide bonds. The van der Waals surface area contributed by atoms with Gasteiger partial charge in [0.15, 0.2) is 0 Å². The number of hydrogen-bond donors (Lipinski definition) is 1. The molecule has 2 aliphatic heterocycles. The molecule has 0 spiro atoms. The number of piperidine rings is 1. The van der Waals surface area contributed by atoms with Gasteiger partial charge in [0.2, 0.25) is 11.8 Å². The highest BCUT2D eigenvalue weighted by atomic mass is 19.4. The third-order valence-corrected chi connectivity index (χ3v) is 8.35. The first kappa shape index (κ1) is 29.8. The van der Waals surface area contributed by atoms with Crippen molar-refractivity contribution in [2.24, 2.45) is 5.92 Å². The molecule has 0 radical (unpaired) electrons. The third kappa shape index (κ3) is 5.17. The number of aliphatic hydroxyl groups is 1. The molecule has 40 heavy (non-hydrogen) atoms. The lowest BCUT2D eigenvalue weighted by atomic mass is 9.71. The number of amides is 2. The molecule has 218 valence electrons. The summed E-state index contributed by atoms with van der Waals surface area (Å²) in [6.07, 6.45) is -11.1. The molecule has 2 atom stereocenters. The number of benzene rings is 2. The lowest BCUT2D eigenvalue weighted by Gasteiger charge is -2.34. The Morgan fingerprint density at radius 2 is 1.40 bits per heavy atom. The number of hydrogen-bond acceptors (Lipinski definition) is 3. The number of alkyl halides is 6. The van der Waals surface area contributed by atoms with Crippen molar-refractivity contribution in [3.8, 4) is 0 Å². The standard InChI is InChI=1S/C28H29F7N2O3/c1-17(38)36-13-11-19(12-14-36)24(39)37-15-23(25(2,16-37)20-7-9-22(29)10-8-20)18-3-5-21(6-4-18)26(40,27(30,31)32)28(33,34)35/h3-10,19,23,40H,11-16H2,1-2H3/t23-,25+/m0/s1. The van der Waals surface area contributed by atoms with Crippen LogP contribution in [0.5, 0.6) is 0 Å². The van der Waals surface area contributed by atoms with Gasteiger partial charge in [-0.2, -0.15) is 26.3 Å². The summed E-state index contributed by atoms with van der Waals surface area (Å²) in [5.41, 5.74) is -6.26. The van der Waals surface area contributed by atoms with E-state index >= 15 is 0 Å². The molecule has 0 unspecified atom stereocenters. The van der Waals surface area contributed by atoms with Gasteiger partial charge in [0, 0.05) is 55.9 Å². The Kier molecular flexibility index (Phi) is 7.72. The number of carbonyl (C=O) groups is 2. The molecular weight excluding hydrogens is 545 g/mol. The van der Waals surface area contributed by atoms with Crippen LogP contribution in [0.4, 0.5) is 30.7 Å². The zero-order chi connectivity index (χ0) is 29.7. The highest BCUT2D eigenvalue weighted by Gasteiger charge is 2.71. The number of nitrogens with zero attached hydrogens (tertiary/aromatic N) is 2. The molecule has 2 saturated heterocycles. The molecular formula is C28H29F7N2O3. The van der Waals surface area contributed by atoms with E-state index in [1.165, 1.54) is 19.1 Å². The second-order valence-corrected chi connectivity index (χ2v) is 10.8. The van der Waals surface area contributed by atoms with Gasteiger partial charge in [0.05, 0.1) is 0 Å². The lowest BCUT2D eigenvalue weighted by molar-refractivity contribution is -0.376. The molecule has 2 aliphatic rings. The third-order valence-electron chi connectivity index (χ3n) is 8.35. The molecule has 2 fully saturated rings. The minimum Gasteiger partial charge on any atom is -0.369 e. The number of likely N-dealkylation sites (tertiary alicyclic amines) is 2. The quantitative estimate of drug-likeness (QED) is 0.506. The fourth-order valence-electron chi connectivity index (χ4n) is 5.90. The van der Waals surface area contributed by atoms with Crippen LogP contribution in [0.2, 0.25) is 0 Å². The fraction of sp³-hybridized carbons (Fsp3) is 0.500. The Balaban J connectivity index is 1.67. The average Bonchev–Trinajstić information content (AvgIpc) is 3.25. The van der Waals surface area contributed by atoms with Crippen molar-refractivity contribution in [1.82, 2.24) is 9.80 Å². The van der Waals surface area contributed by atoms with Crippen LogP contribution >= 0.6 is 0 Å². The maximum atomic E-state index is 13.7. The molecule has 0 bridgehead atoms. The molecule has 5 nitrogen and oxygen atoms in total. The van der Waals surface area contributed by atoms with Crippen LogP contribution in [0.1, 0.15) is 49.3 Å². The van der Waals surface area contributed by atoms with Gasteiger partial charge in [-0.25, -0.2) is 4.39 Å². The first-order valence-corrected chi connectivity index (χ1v) is 12.8. The summed E-state index contributed by atoms with van der Waals surface area (Å²) >= 11 is 0. The van der Waals surface area contributed by atoms with E-state index in [0.717, 1.165) is 12.1 Å². The fourth-order valence-corrected chi connectivity index (χ4v) is 5.90. The Labute approximate surface area is 226 Å². The van der Waals surface area contributed by atoms with E-state index < -0.39 is 40.7 Å². The van der Waals surface area contributed by atoms with Crippen molar-refractivity contribution >= 4 is 11.8 Å². The van der Waals surface area contributed by atoms with E-state index in [1.54, 1.807) is 21.9 Å². The predicted molar refractivity (Wildman–Crippen MR) is 130 cm³/mol. The van der Waals surface area contributed by atoms with Crippen LogP contribution in [-0.4, -0.2) is 65.3 Å². The van der Waals surface area contributed by atoms with Crippen molar-refractivity contribution < 1.29 is 45.4 Å². The van der Waals surface area contributed by atoms with Crippen LogP contribution in [-0.2, 0) is 20.6 Å². The van der Waals surface area contributed by atoms with Gasteiger partial charge in [0.25, 0.3) is 5.60 Å². The van der Waals surface area contributed by atoms with Gasteiger partial charge >= 0.3 is 12.4 Å². The van der Waals surface area contributed by atoms with E-state index in [0.29, 0.717) is 49.2 Å². The maximum absolute atomic E-state index is 13.7. The molecule has 2 heterocycles. The number of rotatable bonds is 4. The topological polar surface area (TPSA) is 60.9 Å². The van der Waals surface area contributed by atoms with E-state index in [-0.39, 0.29) is 30.8 Å². The summed E-state index contributed by atoms with van der Waals surface area (Å²) in [6, 6.07) is 8.98. The summed E-state index contributed by atoms with van der Waals surface area (Å²) in [4.78, 5) is 28.4. The van der Waals surface area contributed by atoms with Crippen LogP contribution in [0.25, 0.3) is 0 Å². The average molecular weight is 575 g/mol. The molecule has 0 saturated carbocycles. The Morgan fingerprint density at radius 1 is 0.875 bits per heavy atom. The monoisotopic (exact) mass is 574 g/mol. The number of halogens is 7. The van der Waals surface area contributed by atoms with Crippen LogP contribution in [0.15, 0.2) is 48.5 Å². The maximum Gasteiger partial charge on any atom is 0.430 e. The van der Waals surface area contributed by atoms with E-state index in [1.807, 2.05) is 6.92 Å². The van der Waals surface area contributed by atoms with E-state index in [4.69, 9.17) is 0 Å². The first-order valence-electron chi connectivity index (χ1n) is 12.8. The molecule has 0 aliphatic carbocycles. The predicted octanol–water partition coefficient (Wildman–Crippen LogP) is 5.28. The van der Waals surface area contributed by atoms with Crippen molar-refractivity contribution in [2.75, 3.05) is 26.2 Å². The van der Waals surface area contributed by atoms with Crippen LogP contribution in [0.3, 0.4) is 0 Å². The zero-order valence-corrected chi connectivity index (χ0v) is 21.8. The van der Waals surface area contributed by atoms with Gasteiger partial charge in [-0.1, -0.05) is 43.3 Å². The first-order chi connectivity index (χ1) is 18.5. The Hall–Kier alpha value is -3.15. The van der Waals surface area contributed by atoms with E-state index in [2.05, 4.69) is 0 Å². The van der Waals surface area contributed by atoms with Gasteiger partial charge in [-0.05, 0) is 36.1 Å². The van der Waals surface area contributed by atoms with Crippen molar-refractivity contribution in [1.29, 1.82) is 0 Å². The largest absolute Gasteiger partial charge is 0.430 e.